The van der Waals surface area contributed by atoms with Crippen LogP contribution in [0, 0.1) is 0 Å². The molecule has 0 spiro atoms. The number of fused-ring (bicyclic) bond motifs is 1. The van der Waals surface area contributed by atoms with E-state index in [0.717, 1.165) is 23.7 Å². The molecule has 2 aromatic rings. The molecular weight excluding hydrogens is 260 g/mol. The lowest BCUT2D eigenvalue weighted by Gasteiger charge is -2.09. The molecule has 19 heavy (non-hydrogen) atoms. The Kier molecular flexibility index (Phi) is 4.52. The van der Waals surface area contributed by atoms with Crippen LogP contribution in [0.3, 0.4) is 0 Å². The second-order valence-corrected chi connectivity index (χ2v) is 6.07. The predicted octanol–water partition coefficient (Wildman–Crippen LogP) is 1.73. The van der Waals surface area contributed by atoms with E-state index < -0.39 is 10.0 Å². The summed E-state index contributed by atoms with van der Waals surface area (Å²) in [6.07, 6.45) is 0.764. The lowest BCUT2D eigenvalue weighted by molar-refractivity contribution is 0.578. The Hall–Kier alpha value is -1.43. The van der Waals surface area contributed by atoms with Gasteiger partial charge in [-0.3, -0.25) is 0 Å². The summed E-state index contributed by atoms with van der Waals surface area (Å²) >= 11 is 0. The predicted molar refractivity (Wildman–Crippen MR) is 77.7 cm³/mol. The smallest absolute Gasteiger partial charge is 0.241 e. The van der Waals surface area contributed by atoms with Crippen molar-refractivity contribution in [2.45, 2.75) is 11.3 Å². The minimum absolute atomic E-state index is 0.343. The van der Waals surface area contributed by atoms with E-state index in [0.29, 0.717) is 11.4 Å². The summed E-state index contributed by atoms with van der Waals surface area (Å²) in [5.41, 5.74) is 0. The topological polar surface area (TPSA) is 58.2 Å². The van der Waals surface area contributed by atoms with Gasteiger partial charge in [0.05, 0.1) is 4.90 Å². The van der Waals surface area contributed by atoms with Crippen LogP contribution in [0.4, 0.5) is 0 Å². The Morgan fingerprint density at radius 1 is 1.00 bits per heavy atom. The number of benzene rings is 2. The van der Waals surface area contributed by atoms with E-state index in [2.05, 4.69) is 10.0 Å². The molecule has 0 radical (unpaired) electrons. The highest BCUT2D eigenvalue weighted by Crippen LogP contribution is 2.22. The molecule has 0 saturated heterocycles. The summed E-state index contributed by atoms with van der Waals surface area (Å²) in [6.45, 7) is 1.23. The second-order valence-electron chi connectivity index (χ2n) is 4.33. The zero-order valence-corrected chi connectivity index (χ0v) is 11.7. The molecule has 0 heterocycles. The minimum Gasteiger partial charge on any atom is -0.320 e. The first-order valence-corrected chi connectivity index (χ1v) is 7.75. The summed E-state index contributed by atoms with van der Waals surface area (Å²) in [4.78, 5) is 0.343. The van der Waals surface area contributed by atoms with Crippen molar-refractivity contribution in [3.63, 3.8) is 0 Å². The summed E-state index contributed by atoms with van der Waals surface area (Å²) in [6, 6.07) is 12.8. The highest BCUT2D eigenvalue weighted by Gasteiger charge is 2.15. The molecule has 0 saturated carbocycles. The van der Waals surface area contributed by atoms with E-state index >= 15 is 0 Å². The average Bonchev–Trinajstić information content (AvgIpc) is 2.43. The van der Waals surface area contributed by atoms with E-state index in [1.165, 1.54) is 0 Å². The zero-order valence-electron chi connectivity index (χ0n) is 10.9. The van der Waals surface area contributed by atoms with Gasteiger partial charge in [0, 0.05) is 11.9 Å². The van der Waals surface area contributed by atoms with Gasteiger partial charge in [0.1, 0.15) is 0 Å². The van der Waals surface area contributed by atoms with Gasteiger partial charge in [0.15, 0.2) is 0 Å². The number of nitrogens with one attached hydrogen (secondary N) is 2. The molecule has 102 valence electrons. The first kappa shape index (κ1) is 14.0. The monoisotopic (exact) mass is 278 g/mol. The zero-order chi connectivity index (χ0) is 13.7. The highest BCUT2D eigenvalue weighted by atomic mass is 32.2. The van der Waals surface area contributed by atoms with Crippen LogP contribution in [0.5, 0.6) is 0 Å². The fraction of sp³-hybridized carbons (Fsp3) is 0.286. The molecule has 0 aliphatic heterocycles. The van der Waals surface area contributed by atoms with Crippen molar-refractivity contribution in [1.29, 1.82) is 0 Å². The molecule has 0 aromatic heterocycles. The van der Waals surface area contributed by atoms with Gasteiger partial charge in [-0.2, -0.15) is 0 Å². The van der Waals surface area contributed by atoms with Crippen molar-refractivity contribution in [3.8, 4) is 0 Å². The Labute approximate surface area is 113 Å². The van der Waals surface area contributed by atoms with E-state index in [9.17, 15) is 8.42 Å². The molecule has 0 amide bonds. The molecule has 0 bridgehead atoms. The molecule has 0 fully saturated rings. The van der Waals surface area contributed by atoms with E-state index in [-0.39, 0.29) is 0 Å². The van der Waals surface area contributed by atoms with Crippen LogP contribution >= 0.6 is 0 Å². The molecule has 2 rings (SSSR count). The SMILES string of the molecule is CNCCCNS(=O)(=O)c1cccc2ccccc12. The standard InChI is InChI=1S/C14H18N2O2S/c1-15-10-5-11-16-19(17,18)14-9-4-7-12-6-2-3-8-13(12)14/h2-4,6-9,15-16H,5,10-11H2,1H3. The maximum atomic E-state index is 12.3. The van der Waals surface area contributed by atoms with Crippen molar-refractivity contribution >= 4 is 20.8 Å². The van der Waals surface area contributed by atoms with E-state index in [4.69, 9.17) is 0 Å². The van der Waals surface area contributed by atoms with Gasteiger partial charge in [-0.1, -0.05) is 36.4 Å². The largest absolute Gasteiger partial charge is 0.320 e. The Bertz CT molecular complexity index is 648. The maximum Gasteiger partial charge on any atom is 0.241 e. The van der Waals surface area contributed by atoms with Crippen molar-refractivity contribution < 1.29 is 8.42 Å². The van der Waals surface area contributed by atoms with Crippen LogP contribution in [0.15, 0.2) is 47.4 Å². The van der Waals surface area contributed by atoms with Crippen molar-refractivity contribution in [3.05, 3.63) is 42.5 Å². The number of sulfonamides is 1. The van der Waals surface area contributed by atoms with Crippen LogP contribution in [-0.2, 0) is 10.0 Å². The summed E-state index contributed by atoms with van der Waals surface area (Å²) in [7, 11) is -1.60. The van der Waals surface area contributed by atoms with E-state index in [1.54, 1.807) is 12.1 Å². The highest BCUT2D eigenvalue weighted by molar-refractivity contribution is 7.89. The normalized spacial score (nSPS) is 11.8. The molecule has 0 aliphatic rings. The summed E-state index contributed by atoms with van der Waals surface area (Å²) in [5, 5.41) is 4.68. The van der Waals surface area contributed by atoms with Gasteiger partial charge < -0.3 is 5.32 Å². The minimum atomic E-state index is -3.45. The maximum absolute atomic E-state index is 12.3. The van der Waals surface area contributed by atoms with Crippen LogP contribution in [0.2, 0.25) is 0 Å². The molecule has 0 unspecified atom stereocenters. The van der Waals surface area contributed by atoms with Gasteiger partial charge in [-0.15, -0.1) is 0 Å². The molecule has 0 atom stereocenters. The first-order chi connectivity index (χ1) is 9.15. The fourth-order valence-electron chi connectivity index (χ4n) is 1.98. The quantitative estimate of drug-likeness (QED) is 0.791. The molecule has 2 N–H and O–H groups in total. The number of hydrogen-bond acceptors (Lipinski definition) is 3. The third-order valence-corrected chi connectivity index (χ3v) is 4.45. The van der Waals surface area contributed by atoms with Gasteiger partial charge >= 0.3 is 0 Å². The van der Waals surface area contributed by atoms with Gasteiger partial charge in [0.25, 0.3) is 0 Å². The molecule has 0 aliphatic carbocycles. The molecule has 4 nitrogen and oxygen atoms in total. The van der Waals surface area contributed by atoms with Crippen LogP contribution < -0.4 is 10.0 Å². The van der Waals surface area contributed by atoms with Crippen molar-refractivity contribution in [2.75, 3.05) is 20.1 Å². The Morgan fingerprint density at radius 3 is 2.53 bits per heavy atom. The molecular formula is C14H18N2O2S. The lowest BCUT2D eigenvalue weighted by atomic mass is 10.1. The number of hydrogen-bond donors (Lipinski definition) is 2. The first-order valence-electron chi connectivity index (χ1n) is 6.27. The van der Waals surface area contributed by atoms with Crippen LogP contribution in [0.25, 0.3) is 10.8 Å². The fourth-order valence-corrected chi connectivity index (χ4v) is 3.28. The van der Waals surface area contributed by atoms with Gasteiger partial charge in [-0.25, -0.2) is 13.1 Å². The Balaban J connectivity index is 2.28. The van der Waals surface area contributed by atoms with E-state index in [1.807, 2.05) is 37.4 Å². The average molecular weight is 278 g/mol. The van der Waals surface area contributed by atoms with Crippen LogP contribution in [0.1, 0.15) is 6.42 Å². The second kappa shape index (κ2) is 6.14. The molecule has 2 aromatic carbocycles. The van der Waals surface area contributed by atoms with Crippen molar-refractivity contribution in [2.24, 2.45) is 0 Å². The Morgan fingerprint density at radius 2 is 1.74 bits per heavy atom. The van der Waals surface area contributed by atoms with Gasteiger partial charge in [0.2, 0.25) is 10.0 Å². The number of rotatable bonds is 6. The van der Waals surface area contributed by atoms with Crippen LogP contribution in [-0.4, -0.2) is 28.6 Å². The summed E-state index contributed by atoms with van der Waals surface area (Å²) in [5.74, 6) is 0. The van der Waals surface area contributed by atoms with Crippen molar-refractivity contribution in [1.82, 2.24) is 10.0 Å². The lowest BCUT2D eigenvalue weighted by Crippen LogP contribution is -2.27. The third-order valence-electron chi connectivity index (χ3n) is 2.93. The summed E-state index contributed by atoms with van der Waals surface area (Å²) < 4.78 is 27.2. The molecule has 5 heteroatoms. The third kappa shape index (κ3) is 3.32. The van der Waals surface area contributed by atoms with Gasteiger partial charge in [-0.05, 0) is 31.5 Å².